The summed E-state index contributed by atoms with van der Waals surface area (Å²) in [6, 6.07) is 19.2. The molecule has 0 saturated carbocycles. The third kappa shape index (κ3) is 6.34. The molecule has 0 saturated heterocycles. The van der Waals surface area contributed by atoms with Crippen molar-refractivity contribution in [2.24, 2.45) is 0 Å². The van der Waals surface area contributed by atoms with Gasteiger partial charge < -0.3 is 14.8 Å². The van der Waals surface area contributed by atoms with Gasteiger partial charge in [-0.15, -0.1) is 11.8 Å². The second-order valence-electron chi connectivity index (χ2n) is 7.21. The van der Waals surface area contributed by atoms with Crippen LogP contribution in [0.3, 0.4) is 0 Å². The predicted octanol–water partition coefficient (Wildman–Crippen LogP) is 4.43. The number of thioether (sulfide) groups is 1. The van der Waals surface area contributed by atoms with Crippen molar-refractivity contribution in [3.8, 4) is 5.75 Å². The highest BCUT2D eigenvalue weighted by Crippen LogP contribution is 2.33. The van der Waals surface area contributed by atoms with E-state index in [0.29, 0.717) is 23.6 Å². The van der Waals surface area contributed by atoms with Gasteiger partial charge in [-0.3, -0.25) is 9.10 Å². The number of nitrogens with zero attached hydrogens (tertiary/aromatic N) is 1. The van der Waals surface area contributed by atoms with Crippen LogP contribution in [0.4, 0.5) is 11.4 Å². The molecule has 0 aliphatic heterocycles. The Bertz CT molecular complexity index is 1280. The Morgan fingerprint density at radius 1 is 0.971 bits per heavy atom. The molecule has 35 heavy (non-hydrogen) atoms. The van der Waals surface area contributed by atoms with E-state index < -0.39 is 28.4 Å². The van der Waals surface area contributed by atoms with Gasteiger partial charge in [-0.2, -0.15) is 0 Å². The fourth-order valence-electron chi connectivity index (χ4n) is 3.25. The van der Waals surface area contributed by atoms with Gasteiger partial charge in [0.15, 0.2) is 0 Å². The predicted molar refractivity (Wildman–Crippen MR) is 137 cm³/mol. The van der Waals surface area contributed by atoms with Crippen LogP contribution in [-0.4, -0.2) is 46.8 Å². The smallest absolute Gasteiger partial charge is 0.337 e. The number of hydrogen-bond acceptors (Lipinski definition) is 7. The minimum atomic E-state index is -4.11. The van der Waals surface area contributed by atoms with E-state index in [-0.39, 0.29) is 10.6 Å². The van der Waals surface area contributed by atoms with E-state index >= 15 is 0 Å². The summed E-state index contributed by atoms with van der Waals surface area (Å²) in [4.78, 5) is 25.6. The van der Waals surface area contributed by atoms with Crippen molar-refractivity contribution in [1.29, 1.82) is 0 Å². The van der Waals surface area contributed by atoms with Crippen molar-refractivity contribution < 1.29 is 27.5 Å². The van der Waals surface area contributed by atoms with Crippen LogP contribution >= 0.6 is 11.8 Å². The molecule has 0 spiro atoms. The Labute approximate surface area is 209 Å². The number of benzene rings is 3. The van der Waals surface area contributed by atoms with Crippen LogP contribution in [0.25, 0.3) is 0 Å². The number of ether oxygens (including phenoxy) is 2. The van der Waals surface area contributed by atoms with Gasteiger partial charge in [0.05, 0.1) is 29.9 Å². The number of carbonyl (C=O) groups excluding carboxylic acids is 2. The first-order chi connectivity index (χ1) is 16.8. The molecule has 3 rings (SSSR count). The van der Waals surface area contributed by atoms with E-state index in [4.69, 9.17) is 4.74 Å². The molecule has 1 amide bonds. The molecule has 0 aliphatic rings. The summed E-state index contributed by atoms with van der Waals surface area (Å²) in [6.07, 6.45) is 1.90. The number of methoxy groups -OCH3 is 1. The first-order valence-corrected chi connectivity index (χ1v) is 13.3. The van der Waals surface area contributed by atoms with E-state index in [1.54, 1.807) is 43.3 Å². The summed E-state index contributed by atoms with van der Waals surface area (Å²) in [6.45, 7) is 1.63. The summed E-state index contributed by atoms with van der Waals surface area (Å²) in [5, 5.41) is 2.68. The highest BCUT2D eigenvalue weighted by Gasteiger charge is 2.29. The molecule has 3 aromatic carbocycles. The van der Waals surface area contributed by atoms with E-state index in [2.05, 4.69) is 10.1 Å². The van der Waals surface area contributed by atoms with Gasteiger partial charge in [0, 0.05) is 10.6 Å². The Morgan fingerprint density at radius 2 is 1.63 bits per heavy atom. The van der Waals surface area contributed by atoms with Gasteiger partial charge in [-0.1, -0.05) is 12.1 Å². The maximum Gasteiger partial charge on any atom is 0.337 e. The lowest BCUT2D eigenvalue weighted by Crippen LogP contribution is -2.38. The number of amides is 1. The molecule has 1 N–H and O–H groups in total. The normalized spacial score (nSPS) is 10.9. The molecule has 0 unspecified atom stereocenters. The molecule has 0 heterocycles. The van der Waals surface area contributed by atoms with Crippen molar-refractivity contribution in [2.75, 3.05) is 36.1 Å². The molecular formula is C25H26N2O6S2. The van der Waals surface area contributed by atoms with Crippen LogP contribution in [0.2, 0.25) is 0 Å². The maximum absolute atomic E-state index is 13.7. The average molecular weight is 515 g/mol. The van der Waals surface area contributed by atoms with Gasteiger partial charge >= 0.3 is 5.97 Å². The monoisotopic (exact) mass is 514 g/mol. The second kappa shape index (κ2) is 11.8. The van der Waals surface area contributed by atoms with Crippen LogP contribution in [0.15, 0.2) is 82.6 Å². The van der Waals surface area contributed by atoms with E-state index in [1.165, 1.54) is 55.3 Å². The van der Waals surface area contributed by atoms with Crippen molar-refractivity contribution in [2.45, 2.75) is 16.7 Å². The first kappa shape index (κ1) is 26.1. The standard InChI is InChI=1S/C25H26N2O6S2/c1-4-33-23-8-6-5-7-22(23)27(35(30,31)21-15-13-20(34-3)14-16-21)17-24(28)26-19-11-9-18(10-12-19)25(29)32-2/h5-16H,4,17H2,1-3H3,(H,26,28). The van der Waals surface area contributed by atoms with Crippen LogP contribution < -0.4 is 14.4 Å². The summed E-state index contributed by atoms with van der Waals surface area (Å²) < 4.78 is 38.7. The topological polar surface area (TPSA) is 102 Å². The molecule has 0 aromatic heterocycles. The maximum atomic E-state index is 13.7. The number of sulfonamides is 1. The highest BCUT2D eigenvalue weighted by atomic mass is 32.2. The van der Waals surface area contributed by atoms with Gasteiger partial charge in [-0.05, 0) is 73.8 Å². The number of hydrogen-bond donors (Lipinski definition) is 1. The molecule has 0 atom stereocenters. The summed E-state index contributed by atoms with van der Waals surface area (Å²) in [5.41, 5.74) is 0.982. The summed E-state index contributed by atoms with van der Waals surface area (Å²) >= 11 is 1.50. The molecule has 3 aromatic rings. The fourth-order valence-corrected chi connectivity index (χ4v) is 5.09. The van der Waals surface area contributed by atoms with Crippen LogP contribution in [0.5, 0.6) is 5.75 Å². The van der Waals surface area contributed by atoms with E-state index in [0.717, 1.165) is 9.20 Å². The zero-order valence-electron chi connectivity index (χ0n) is 19.6. The molecule has 0 radical (unpaired) electrons. The number of anilines is 2. The van der Waals surface area contributed by atoms with Crippen molar-refractivity contribution in [3.05, 3.63) is 78.4 Å². The Balaban J connectivity index is 1.94. The minimum absolute atomic E-state index is 0.0526. The Hall–Kier alpha value is -3.50. The fraction of sp³-hybridized carbons (Fsp3) is 0.200. The highest BCUT2D eigenvalue weighted by molar-refractivity contribution is 7.98. The van der Waals surface area contributed by atoms with Gasteiger partial charge in [-0.25, -0.2) is 13.2 Å². The Kier molecular flexibility index (Phi) is 8.78. The van der Waals surface area contributed by atoms with Gasteiger partial charge in [0.1, 0.15) is 12.3 Å². The zero-order chi connectivity index (χ0) is 25.4. The molecular weight excluding hydrogens is 488 g/mol. The Morgan fingerprint density at radius 3 is 2.23 bits per heavy atom. The van der Waals surface area contributed by atoms with E-state index in [9.17, 15) is 18.0 Å². The van der Waals surface area contributed by atoms with Gasteiger partial charge in [0.25, 0.3) is 10.0 Å². The van der Waals surface area contributed by atoms with Crippen molar-refractivity contribution in [3.63, 3.8) is 0 Å². The van der Waals surface area contributed by atoms with Crippen LogP contribution in [0.1, 0.15) is 17.3 Å². The zero-order valence-corrected chi connectivity index (χ0v) is 21.2. The number of carbonyl (C=O) groups is 2. The lowest BCUT2D eigenvalue weighted by atomic mass is 10.2. The molecule has 0 bridgehead atoms. The average Bonchev–Trinajstić information content (AvgIpc) is 2.88. The number of para-hydroxylation sites is 2. The summed E-state index contributed by atoms with van der Waals surface area (Å²) in [5.74, 6) is -0.721. The number of nitrogens with one attached hydrogen (secondary N) is 1. The molecule has 0 fully saturated rings. The van der Waals surface area contributed by atoms with Crippen molar-refractivity contribution >= 4 is 45.0 Å². The van der Waals surface area contributed by atoms with Crippen LogP contribution in [-0.2, 0) is 19.6 Å². The molecule has 10 heteroatoms. The molecule has 0 aliphatic carbocycles. The molecule has 8 nitrogen and oxygen atoms in total. The second-order valence-corrected chi connectivity index (χ2v) is 9.95. The number of rotatable bonds is 10. The minimum Gasteiger partial charge on any atom is -0.492 e. The van der Waals surface area contributed by atoms with Gasteiger partial charge in [0.2, 0.25) is 5.91 Å². The van der Waals surface area contributed by atoms with Crippen molar-refractivity contribution in [1.82, 2.24) is 0 Å². The largest absolute Gasteiger partial charge is 0.492 e. The molecule has 184 valence electrons. The SMILES string of the molecule is CCOc1ccccc1N(CC(=O)Nc1ccc(C(=O)OC)cc1)S(=O)(=O)c1ccc(SC)cc1. The number of esters is 1. The first-order valence-electron chi connectivity index (χ1n) is 10.7. The van der Waals surface area contributed by atoms with Crippen LogP contribution in [0, 0.1) is 0 Å². The third-order valence-electron chi connectivity index (χ3n) is 4.96. The lowest BCUT2D eigenvalue weighted by molar-refractivity contribution is -0.114. The third-order valence-corrected chi connectivity index (χ3v) is 7.48. The quantitative estimate of drug-likeness (QED) is 0.315. The summed E-state index contributed by atoms with van der Waals surface area (Å²) in [7, 11) is -2.83. The van der Waals surface area contributed by atoms with E-state index in [1.807, 2.05) is 6.26 Å². The lowest BCUT2D eigenvalue weighted by Gasteiger charge is -2.26.